The fraction of sp³-hybridized carbons (Fsp3) is 0.400. The first kappa shape index (κ1) is 36.8. The molecule has 3 aromatic rings. The summed E-state index contributed by atoms with van der Waals surface area (Å²) in [5.41, 5.74) is 3.59. The maximum absolute atomic E-state index is 14.2. The van der Waals surface area contributed by atoms with Crippen LogP contribution < -0.4 is 4.90 Å². The molecule has 1 amide bonds. The summed E-state index contributed by atoms with van der Waals surface area (Å²) in [7, 11) is -4.17. The molecule has 2 aliphatic rings. The Hall–Kier alpha value is -3.46. The number of hydrogen-bond donors (Lipinski definition) is 0. The molecule has 264 valence electrons. The molecule has 2 aliphatic heterocycles. The average Bonchev–Trinajstić information content (AvgIpc) is 3.08. The van der Waals surface area contributed by atoms with E-state index in [0.29, 0.717) is 17.9 Å². The average molecular weight is 730 g/mol. The molecule has 2 heterocycles. The lowest BCUT2D eigenvalue weighted by atomic mass is 10.0. The van der Waals surface area contributed by atoms with Crippen LogP contribution in [-0.4, -0.2) is 94.1 Å². The largest absolute Gasteiger partial charge is 0.444 e. The van der Waals surface area contributed by atoms with Crippen LogP contribution in [0.15, 0.2) is 90.0 Å². The summed E-state index contributed by atoms with van der Waals surface area (Å²) in [4.78, 5) is 16.7. The molecule has 0 bridgehead atoms. The Kier molecular flexibility index (Phi) is 12.1. The van der Waals surface area contributed by atoms with E-state index >= 15 is 0 Å². The lowest BCUT2D eigenvalue weighted by molar-refractivity contribution is 0.109. The summed E-state index contributed by atoms with van der Waals surface area (Å²) < 4.78 is 66.2. The molecule has 0 saturated heterocycles. The van der Waals surface area contributed by atoms with Crippen LogP contribution in [0.3, 0.4) is 0 Å². The number of amides is 1. The lowest BCUT2D eigenvalue weighted by Gasteiger charge is -2.35. The van der Waals surface area contributed by atoms with Gasteiger partial charge in [-0.1, -0.05) is 61.0 Å². The van der Waals surface area contributed by atoms with Crippen LogP contribution in [0, 0.1) is 5.92 Å². The Morgan fingerprint density at radius 2 is 1.59 bits per heavy atom. The van der Waals surface area contributed by atoms with Gasteiger partial charge >= 0.3 is 6.09 Å². The van der Waals surface area contributed by atoms with Crippen LogP contribution in [0.2, 0.25) is 5.02 Å². The van der Waals surface area contributed by atoms with Crippen LogP contribution in [-0.2, 0) is 44.5 Å². The van der Waals surface area contributed by atoms with Gasteiger partial charge in [0.25, 0.3) is 10.2 Å². The Morgan fingerprint density at radius 3 is 2.31 bits per heavy atom. The zero-order valence-electron chi connectivity index (χ0n) is 28.1. The molecule has 0 spiro atoms. The van der Waals surface area contributed by atoms with Crippen molar-refractivity contribution < 1.29 is 26.4 Å². The highest BCUT2D eigenvalue weighted by Crippen LogP contribution is 2.27. The first-order valence-corrected chi connectivity index (χ1v) is 19.5. The van der Waals surface area contributed by atoms with Gasteiger partial charge < -0.3 is 9.64 Å². The van der Waals surface area contributed by atoms with Crippen molar-refractivity contribution in [1.82, 2.24) is 17.8 Å². The first-order valence-electron chi connectivity index (χ1n) is 16.3. The van der Waals surface area contributed by atoms with Gasteiger partial charge in [0.2, 0.25) is 10.0 Å². The van der Waals surface area contributed by atoms with Gasteiger partial charge in [0.1, 0.15) is 6.61 Å². The Balaban J connectivity index is 1.42. The van der Waals surface area contributed by atoms with Gasteiger partial charge in [-0.25, -0.2) is 13.2 Å². The standard InChI is InChI=1S/C35H44ClN5O6S2/c1-28-24-39(48(43,44)34-15-13-33(14-16-34)37(2)3)20-7-18-38(35(42)47-27-29-9-5-4-6-10-29)19-8-21-40(25-28)49(45,46)41-22-17-30-23-32(36)12-11-31(30)26-41/h4-6,8-16,19,23,28H,7,17-18,20-22,24-27H2,1-3H3/b19-8-/t28-/m0/s1. The van der Waals surface area contributed by atoms with Crippen molar-refractivity contribution >= 4 is 43.6 Å². The molecular weight excluding hydrogens is 686 g/mol. The zero-order valence-corrected chi connectivity index (χ0v) is 30.5. The van der Waals surface area contributed by atoms with Crippen molar-refractivity contribution in [3.63, 3.8) is 0 Å². The summed E-state index contributed by atoms with van der Waals surface area (Å²) in [5.74, 6) is -0.346. The van der Waals surface area contributed by atoms with Crippen molar-refractivity contribution in [3.05, 3.63) is 107 Å². The molecule has 0 saturated carbocycles. The van der Waals surface area contributed by atoms with E-state index < -0.39 is 26.3 Å². The van der Waals surface area contributed by atoms with E-state index in [2.05, 4.69) is 0 Å². The van der Waals surface area contributed by atoms with Gasteiger partial charge in [0.15, 0.2) is 0 Å². The number of anilines is 1. The van der Waals surface area contributed by atoms with Crippen LogP contribution in [0.25, 0.3) is 0 Å². The minimum atomic E-state index is -3.99. The fourth-order valence-electron chi connectivity index (χ4n) is 5.98. The monoisotopic (exact) mass is 729 g/mol. The third-order valence-electron chi connectivity index (χ3n) is 8.66. The number of hydrogen-bond acceptors (Lipinski definition) is 7. The van der Waals surface area contributed by atoms with Gasteiger partial charge in [0.05, 0.1) is 4.90 Å². The molecule has 0 unspecified atom stereocenters. The minimum Gasteiger partial charge on any atom is -0.444 e. The third-order valence-corrected chi connectivity index (χ3v) is 12.7. The van der Waals surface area contributed by atoms with E-state index in [1.807, 2.05) is 68.4 Å². The highest BCUT2D eigenvalue weighted by atomic mass is 35.5. The summed E-state index contributed by atoms with van der Waals surface area (Å²) in [6.07, 6.45) is 3.43. The molecule has 11 nitrogen and oxygen atoms in total. The fourth-order valence-corrected chi connectivity index (χ4v) is 9.45. The van der Waals surface area contributed by atoms with E-state index in [1.54, 1.807) is 36.4 Å². The Bertz CT molecular complexity index is 1840. The van der Waals surface area contributed by atoms with Crippen LogP contribution in [0.1, 0.15) is 30.0 Å². The number of rotatable bonds is 7. The number of halogens is 1. The second-order valence-corrected chi connectivity index (χ2v) is 17.0. The van der Waals surface area contributed by atoms with Crippen LogP contribution in [0.4, 0.5) is 10.5 Å². The number of carbonyl (C=O) groups excluding carboxylic acids is 1. The summed E-state index contributed by atoms with van der Waals surface area (Å²) >= 11 is 6.18. The smallest absolute Gasteiger partial charge is 0.414 e. The Labute approximate surface area is 295 Å². The number of ether oxygens (including phenoxy) is 1. The predicted octanol–water partition coefficient (Wildman–Crippen LogP) is 5.19. The highest BCUT2D eigenvalue weighted by molar-refractivity contribution is 7.89. The number of fused-ring (bicyclic) bond motifs is 1. The van der Waals surface area contributed by atoms with E-state index in [4.69, 9.17) is 16.3 Å². The molecule has 3 aromatic carbocycles. The van der Waals surface area contributed by atoms with E-state index in [-0.39, 0.29) is 63.2 Å². The maximum atomic E-state index is 14.2. The number of carbonyl (C=O) groups is 1. The number of nitrogens with zero attached hydrogens (tertiary/aromatic N) is 5. The first-order chi connectivity index (χ1) is 23.3. The molecule has 0 aliphatic carbocycles. The molecule has 49 heavy (non-hydrogen) atoms. The van der Waals surface area contributed by atoms with Gasteiger partial charge in [-0.3, -0.25) is 4.90 Å². The summed E-state index contributed by atoms with van der Waals surface area (Å²) in [6.45, 7) is 2.84. The summed E-state index contributed by atoms with van der Waals surface area (Å²) in [6, 6.07) is 21.4. The Morgan fingerprint density at radius 1 is 0.878 bits per heavy atom. The molecule has 0 radical (unpaired) electrons. The van der Waals surface area contributed by atoms with Crippen LogP contribution in [0.5, 0.6) is 0 Å². The predicted molar refractivity (Wildman–Crippen MR) is 192 cm³/mol. The molecule has 5 rings (SSSR count). The van der Waals surface area contributed by atoms with Gasteiger partial charge in [-0.15, -0.1) is 0 Å². The quantitative estimate of drug-likeness (QED) is 0.329. The molecule has 0 aromatic heterocycles. The topological polar surface area (TPSA) is 111 Å². The van der Waals surface area contributed by atoms with E-state index in [1.165, 1.54) is 24.0 Å². The normalized spacial score (nSPS) is 19.7. The SMILES string of the molecule is C[C@H]1CN(S(=O)(=O)c2ccc(N(C)C)cc2)CCCN(C(=O)OCc2ccccc2)/C=C\CN(S(=O)(=O)N2CCc3cc(Cl)ccc3C2)C1. The number of sulfonamides is 1. The van der Waals surface area contributed by atoms with E-state index in [0.717, 1.165) is 22.4 Å². The molecule has 1 atom stereocenters. The maximum Gasteiger partial charge on any atom is 0.414 e. The number of benzene rings is 3. The lowest BCUT2D eigenvalue weighted by Crippen LogP contribution is -2.48. The van der Waals surface area contributed by atoms with Crippen molar-refractivity contribution in [2.75, 3.05) is 58.3 Å². The molecule has 0 fully saturated rings. The van der Waals surface area contributed by atoms with Crippen molar-refractivity contribution in [2.24, 2.45) is 5.92 Å². The second kappa shape index (κ2) is 16.0. The second-order valence-electron chi connectivity index (χ2n) is 12.6. The van der Waals surface area contributed by atoms with Crippen molar-refractivity contribution in [2.45, 2.75) is 37.8 Å². The van der Waals surface area contributed by atoms with Gasteiger partial charge in [0, 0.05) is 76.8 Å². The van der Waals surface area contributed by atoms with E-state index in [9.17, 15) is 21.6 Å². The highest BCUT2D eigenvalue weighted by Gasteiger charge is 2.34. The van der Waals surface area contributed by atoms with Gasteiger partial charge in [-0.05, 0) is 71.8 Å². The van der Waals surface area contributed by atoms with Crippen molar-refractivity contribution in [3.8, 4) is 0 Å². The zero-order chi connectivity index (χ0) is 35.2. The summed E-state index contributed by atoms with van der Waals surface area (Å²) in [5, 5.41) is 0.608. The third kappa shape index (κ3) is 9.21. The minimum absolute atomic E-state index is 0.0160. The molecular formula is C35H44ClN5O6S2. The van der Waals surface area contributed by atoms with Crippen LogP contribution >= 0.6 is 11.6 Å². The molecule has 14 heteroatoms. The molecule has 0 N–H and O–H groups in total. The van der Waals surface area contributed by atoms with Gasteiger partial charge in [-0.2, -0.15) is 21.3 Å². The van der Waals surface area contributed by atoms with Crippen molar-refractivity contribution in [1.29, 1.82) is 0 Å².